The number of aromatic amines is 1. The number of carbonyl (C=O) groups excluding carboxylic acids is 1. The lowest BCUT2D eigenvalue weighted by Gasteiger charge is -2.16. The van der Waals surface area contributed by atoms with Gasteiger partial charge in [-0.05, 0) is 30.2 Å². The van der Waals surface area contributed by atoms with Crippen molar-refractivity contribution in [3.8, 4) is 0 Å². The first-order valence-electron chi connectivity index (χ1n) is 7.54. The third-order valence-corrected chi connectivity index (χ3v) is 3.96. The van der Waals surface area contributed by atoms with Gasteiger partial charge in [-0.1, -0.05) is 37.3 Å². The summed E-state index contributed by atoms with van der Waals surface area (Å²) in [5.74, 6) is 0.284. The zero-order chi connectivity index (χ0) is 15.4. The van der Waals surface area contributed by atoms with Gasteiger partial charge in [0.2, 0.25) is 0 Å². The maximum absolute atomic E-state index is 12.3. The standard InChI is InChI=1S/C18H19N3O/c1-2-13(14-6-4-3-5-7-14)11-19-18(22)15-8-9-16-17(10-15)21-12-20-16/h3-10,12-13H,2,11H2,1H3,(H,19,22)(H,20,21). The third kappa shape index (κ3) is 3.01. The van der Waals surface area contributed by atoms with Gasteiger partial charge in [-0.25, -0.2) is 4.98 Å². The Kier molecular flexibility index (Phi) is 4.19. The minimum absolute atomic E-state index is 0.0501. The fourth-order valence-electron chi connectivity index (χ4n) is 2.62. The molecule has 0 aliphatic heterocycles. The van der Waals surface area contributed by atoms with E-state index in [1.807, 2.05) is 36.4 Å². The van der Waals surface area contributed by atoms with E-state index in [0.29, 0.717) is 18.0 Å². The molecule has 0 aliphatic carbocycles. The molecular formula is C18H19N3O. The van der Waals surface area contributed by atoms with Crippen molar-refractivity contribution < 1.29 is 4.79 Å². The van der Waals surface area contributed by atoms with Gasteiger partial charge in [0, 0.05) is 18.0 Å². The van der Waals surface area contributed by atoms with Crippen LogP contribution < -0.4 is 5.32 Å². The smallest absolute Gasteiger partial charge is 0.251 e. The van der Waals surface area contributed by atoms with Gasteiger partial charge in [-0.3, -0.25) is 4.79 Å². The lowest BCUT2D eigenvalue weighted by molar-refractivity contribution is 0.0951. The Morgan fingerprint density at radius 1 is 1.23 bits per heavy atom. The molecule has 0 saturated heterocycles. The highest BCUT2D eigenvalue weighted by Crippen LogP contribution is 2.18. The van der Waals surface area contributed by atoms with Crippen LogP contribution in [0.15, 0.2) is 54.9 Å². The number of benzene rings is 2. The number of fused-ring (bicyclic) bond motifs is 1. The van der Waals surface area contributed by atoms with Crippen LogP contribution in [0.5, 0.6) is 0 Å². The first-order chi connectivity index (χ1) is 10.8. The molecule has 0 bridgehead atoms. The van der Waals surface area contributed by atoms with Crippen LogP contribution in [0.25, 0.3) is 11.0 Å². The highest BCUT2D eigenvalue weighted by molar-refractivity contribution is 5.97. The fourth-order valence-corrected chi connectivity index (χ4v) is 2.62. The minimum atomic E-state index is -0.0501. The molecule has 4 heteroatoms. The number of carbonyl (C=O) groups is 1. The van der Waals surface area contributed by atoms with E-state index in [9.17, 15) is 4.79 Å². The summed E-state index contributed by atoms with van der Waals surface area (Å²) in [6.07, 6.45) is 2.62. The van der Waals surface area contributed by atoms with Crippen LogP contribution in [0.4, 0.5) is 0 Å². The second-order valence-corrected chi connectivity index (χ2v) is 5.36. The van der Waals surface area contributed by atoms with Crippen molar-refractivity contribution in [3.63, 3.8) is 0 Å². The Morgan fingerprint density at radius 2 is 2.05 bits per heavy atom. The van der Waals surface area contributed by atoms with Gasteiger partial charge >= 0.3 is 0 Å². The molecule has 3 aromatic rings. The van der Waals surface area contributed by atoms with Gasteiger partial charge in [-0.2, -0.15) is 0 Å². The average molecular weight is 293 g/mol. The molecular weight excluding hydrogens is 274 g/mol. The van der Waals surface area contributed by atoms with E-state index in [-0.39, 0.29) is 5.91 Å². The minimum Gasteiger partial charge on any atom is -0.351 e. The van der Waals surface area contributed by atoms with E-state index >= 15 is 0 Å². The van der Waals surface area contributed by atoms with E-state index in [0.717, 1.165) is 17.5 Å². The normalized spacial score (nSPS) is 12.2. The van der Waals surface area contributed by atoms with E-state index in [1.165, 1.54) is 5.56 Å². The summed E-state index contributed by atoms with van der Waals surface area (Å²) in [6, 6.07) is 15.8. The summed E-state index contributed by atoms with van der Waals surface area (Å²) in [6.45, 7) is 2.78. The average Bonchev–Trinajstić information content (AvgIpc) is 3.03. The van der Waals surface area contributed by atoms with Gasteiger partial charge in [0.25, 0.3) is 5.91 Å². The molecule has 22 heavy (non-hydrogen) atoms. The molecule has 1 amide bonds. The van der Waals surface area contributed by atoms with Gasteiger partial charge in [0.15, 0.2) is 0 Å². The maximum Gasteiger partial charge on any atom is 0.251 e. The molecule has 0 radical (unpaired) electrons. The second kappa shape index (κ2) is 6.43. The van der Waals surface area contributed by atoms with Crippen molar-refractivity contribution in [1.29, 1.82) is 0 Å². The summed E-state index contributed by atoms with van der Waals surface area (Å²) in [7, 11) is 0. The van der Waals surface area contributed by atoms with Crippen LogP contribution in [-0.4, -0.2) is 22.4 Å². The van der Waals surface area contributed by atoms with E-state index < -0.39 is 0 Å². The van der Waals surface area contributed by atoms with Crippen molar-refractivity contribution in [2.45, 2.75) is 19.3 Å². The Hall–Kier alpha value is -2.62. The summed E-state index contributed by atoms with van der Waals surface area (Å²) in [5, 5.41) is 3.03. The van der Waals surface area contributed by atoms with Crippen molar-refractivity contribution in [1.82, 2.24) is 15.3 Å². The summed E-state index contributed by atoms with van der Waals surface area (Å²) in [5.41, 5.74) is 3.66. The van der Waals surface area contributed by atoms with Crippen LogP contribution in [0.3, 0.4) is 0 Å². The number of H-pyrrole nitrogens is 1. The lowest BCUT2D eigenvalue weighted by atomic mass is 9.96. The number of hydrogen-bond donors (Lipinski definition) is 2. The molecule has 0 saturated carbocycles. The Labute approximate surface area is 129 Å². The molecule has 3 rings (SSSR count). The predicted octanol–water partition coefficient (Wildman–Crippen LogP) is 3.49. The van der Waals surface area contributed by atoms with Crippen LogP contribution in [0, 0.1) is 0 Å². The second-order valence-electron chi connectivity index (χ2n) is 5.36. The molecule has 1 unspecified atom stereocenters. The number of hydrogen-bond acceptors (Lipinski definition) is 2. The molecule has 1 heterocycles. The maximum atomic E-state index is 12.3. The van der Waals surface area contributed by atoms with Gasteiger partial charge in [0.05, 0.1) is 17.4 Å². The van der Waals surface area contributed by atoms with E-state index in [1.54, 1.807) is 6.33 Å². The van der Waals surface area contributed by atoms with Crippen molar-refractivity contribution >= 4 is 16.9 Å². The number of rotatable bonds is 5. The summed E-state index contributed by atoms with van der Waals surface area (Å²) < 4.78 is 0. The molecule has 1 atom stereocenters. The van der Waals surface area contributed by atoms with E-state index in [4.69, 9.17) is 0 Å². The highest BCUT2D eigenvalue weighted by Gasteiger charge is 2.12. The monoisotopic (exact) mass is 293 g/mol. The quantitative estimate of drug-likeness (QED) is 0.756. The Bertz CT molecular complexity index is 764. The number of nitrogens with one attached hydrogen (secondary N) is 2. The number of nitrogens with zero attached hydrogens (tertiary/aromatic N) is 1. The first-order valence-corrected chi connectivity index (χ1v) is 7.54. The first kappa shape index (κ1) is 14.3. The van der Waals surface area contributed by atoms with Crippen LogP contribution in [0.2, 0.25) is 0 Å². The van der Waals surface area contributed by atoms with Crippen LogP contribution in [-0.2, 0) is 0 Å². The topological polar surface area (TPSA) is 57.8 Å². The highest BCUT2D eigenvalue weighted by atomic mass is 16.1. The number of imidazole rings is 1. The molecule has 0 spiro atoms. The molecule has 2 N–H and O–H groups in total. The van der Waals surface area contributed by atoms with Crippen LogP contribution >= 0.6 is 0 Å². The summed E-state index contributed by atoms with van der Waals surface area (Å²) >= 11 is 0. The predicted molar refractivity (Wildman–Crippen MR) is 87.9 cm³/mol. The lowest BCUT2D eigenvalue weighted by Crippen LogP contribution is -2.28. The molecule has 2 aromatic carbocycles. The summed E-state index contributed by atoms with van der Waals surface area (Å²) in [4.78, 5) is 19.5. The number of amides is 1. The SMILES string of the molecule is CCC(CNC(=O)c1ccc2nc[nH]c2c1)c1ccccc1. The fraction of sp³-hybridized carbons (Fsp3) is 0.222. The molecule has 1 aromatic heterocycles. The van der Waals surface area contributed by atoms with Crippen molar-refractivity contribution in [2.75, 3.05) is 6.54 Å². The van der Waals surface area contributed by atoms with E-state index in [2.05, 4.69) is 34.3 Å². The zero-order valence-corrected chi connectivity index (χ0v) is 12.5. The molecule has 112 valence electrons. The number of aromatic nitrogens is 2. The van der Waals surface area contributed by atoms with Crippen molar-refractivity contribution in [2.24, 2.45) is 0 Å². The van der Waals surface area contributed by atoms with Gasteiger partial charge in [-0.15, -0.1) is 0 Å². The van der Waals surface area contributed by atoms with Crippen molar-refractivity contribution in [3.05, 3.63) is 66.0 Å². The Morgan fingerprint density at radius 3 is 2.82 bits per heavy atom. The third-order valence-electron chi connectivity index (χ3n) is 3.96. The van der Waals surface area contributed by atoms with Gasteiger partial charge < -0.3 is 10.3 Å². The molecule has 0 fully saturated rings. The Balaban J connectivity index is 1.68. The molecule has 4 nitrogen and oxygen atoms in total. The largest absolute Gasteiger partial charge is 0.351 e. The zero-order valence-electron chi connectivity index (χ0n) is 12.5. The van der Waals surface area contributed by atoms with Gasteiger partial charge in [0.1, 0.15) is 0 Å². The molecule has 0 aliphatic rings. The van der Waals surface area contributed by atoms with Crippen LogP contribution in [0.1, 0.15) is 35.2 Å².